The first kappa shape index (κ1) is 6.46. The summed E-state index contributed by atoms with van der Waals surface area (Å²) >= 11 is 0. The van der Waals surface area contributed by atoms with Crippen LogP contribution >= 0.6 is 0 Å². The minimum atomic E-state index is 1.30. The molecule has 38 valence electrons. The molecule has 8 heavy (non-hydrogen) atoms. The van der Waals surface area contributed by atoms with Crippen LogP contribution in [0.5, 0.6) is 0 Å². The van der Waals surface area contributed by atoms with Gasteiger partial charge in [-0.1, -0.05) is 12.2 Å². The van der Waals surface area contributed by atoms with Crippen molar-refractivity contribution in [1.82, 2.24) is 0 Å². The summed E-state index contributed by atoms with van der Waals surface area (Å²) in [6, 6.07) is 3.57. The lowest BCUT2D eigenvalue weighted by Gasteiger charge is -1.59. The molecule has 0 bridgehead atoms. The van der Waals surface area contributed by atoms with E-state index in [1.807, 2.05) is 0 Å². The second kappa shape index (κ2) is 5.46. The van der Waals surface area contributed by atoms with E-state index in [2.05, 4.69) is 0 Å². The first-order chi connectivity index (χ1) is 3.91. The van der Waals surface area contributed by atoms with Crippen LogP contribution in [0.1, 0.15) is 0 Å². The minimum Gasteiger partial charge on any atom is -0.193 e. The van der Waals surface area contributed by atoms with Crippen LogP contribution in [-0.4, -0.2) is 0 Å². The highest BCUT2D eigenvalue weighted by Gasteiger charge is 1.58. The zero-order valence-corrected chi connectivity index (χ0v) is 4.20. The first-order valence-electron chi connectivity index (χ1n) is 2.02. The van der Waals surface area contributed by atoms with Gasteiger partial charge in [-0.3, -0.25) is 0 Å². The van der Waals surface area contributed by atoms with Crippen LogP contribution < -0.4 is 0 Å². The first-order valence-corrected chi connectivity index (χ1v) is 2.02. The summed E-state index contributed by atoms with van der Waals surface area (Å²) in [5.41, 5.74) is 0. The van der Waals surface area contributed by atoms with Crippen molar-refractivity contribution in [2.75, 3.05) is 0 Å². The summed E-state index contributed by atoms with van der Waals surface area (Å²) in [6.45, 7) is 0. The van der Waals surface area contributed by atoms with Gasteiger partial charge in [0.2, 0.25) is 0 Å². The van der Waals surface area contributed by atoms with E-state index in [0.717, 1.165) is 0 Å². The molecule has 0 amide bonds. The molecule has 0 aliphatic heterocycles. The van der Waals surface area contributed by atoms with Crippen molar-refractivity contribution >= 4 is 0 Å². The van der Waals surface area contributed by atoms with E-state index in [-0.39, 0.29) is 0 Å². The van der Waals surface area contributed by atoms with Gasteiger partial charge in [-0.2, -0.15) is 10.5 Å². The van der Waals surface area contributed by atoms with E-state index in [9.17, 15) is 0 Å². The molecule has 2 nitrogen and oxygen atoms in total. The second-order valence-corrected chi connectivity index (χ2v) is 0.976. The molecule has 0 N–H and O–H groups in total. The van der Waals surface area contributed by atoms with Gasteiger partial charge in [0.1, 0.15) is 0 Å². The molecule has 0 aromatic rings. The topological polar surface area (TPSA) is 47.6 Å². The average Bonchev–Trinajstić information content (AvgIpc) is 1.81. The predicted octanol–water partition coefficient (Wildman–Crippen LogP) is 1.15. The maximum Gasteiger partial charge on any atom is 0.0912 e. The highest BCUT2D eigenvalue weighted by Crippen LogP contribution is 1.72. The Kier molecular flexibility index (Phi) is 4.41. The Morgan fingerprint density at radius 2 is 1.25 bits per heavy atom. The van der Waals surface area contributed by atoms with Crippen LogP contribution in [0.4, 0.5) is 0 Å². The predicted molar refractivity (Wildman–Crippen MR) is 29.5 cm³/mol. The Morgan fingerprint density at radius 3 is 1.50 bits per heavy atom. The van der Waals surface area contributed by atoms with Gasteiger partial charge in [0.05, 0.1) is 12.1 Å². The Balaban J connectivity index is 3.51. The molecule has 0 unspecified atom stereocenters. The average molecular weight is 104 g/mol. The normalized spacial score (nSPS) is 9.25. The van der Waals surface area contributed by atoms with Gasteiger partial charge in [-0.15, -0.1) is 0 Å². The van der Waals surface area contributed by atoms with Gasteiger partial charge in [0, 0.05) is 12.2 Å². The highest BCUT2D eigenvalue weighted by molar-refractivity contribution is 5.16. The maximum absolute atomic E-state index is 7.91. The summed E-state index contributed by atoms with van der Waals surface area (Å²) < 4.78 is 0. The molecule has 0 radical (unpaired) electrons. The number of hydrogen-bond acceptors (Lipinski definition) is 2. The van der Waals surface area contributed by atoms with Crippen molar-refractivity contribution in [3.63, 3.8) is 0 Å². The van der Waals surface area contributed by atoms with Gasteiger partial charge in [0.25, 0.3) is 0 Å². The second-order valence-electron chi connectivity index (χ2n) is 0.976. The molecule has 0 aromatic heterocycles. The number of allylic oxidation sites excluding steroid dienone is 4. The van der Waals surface area contributed by atoms with Crippen LogP contribution in [0.15, 0.2) is 24.3 Å². The fourth-order valence-corrected chi connectivity index (χ4v) is 0.197. The Morgan fingerprint density at radius 1 is 0.875 bits per heavy atom. The zero-order chi connectivity index (χ0) is 6.24. The molecule has 0 atom stereocenters. The standard InChI is InChI=1S/C6H4N2/c7-5-3-1-2-4-6-8/h1-4H/b3-1+,4-2?. The van der Waals surface area contributed by atoms with E-state index in [0.29, 0.717) is 0 Å². The minimum absolute atomic E-state index is 1.30. The van der Waals surface area contributed by atoms with E-state index in [4.69, 9.17) is 10.5 Å². The number of hydrogen-bond donors (Lipinski definition) is 0. The lowest BCUT2D eigenvalue weighted by atomic mass is 10.4. The molecule has 0 aliphatic carbocycles. The van der Waals surface area contributed by atoms with E-state index >= 15 is 0 Å². The maximum atomic E-state index is 7.91. The number of nitriles is 2. The summed E-state index contributed by atoms with van der Waals surface area (Å²) in [4.78, 5) is 0. The van der Waals surface area contributed by atoms with Crippen molar-refractivity contribution in [1.29, 1.82) is 10.5 Å². The summed E-state index contributed by atoms with van der Waals surface area (Å²) in [6.07, 6.45) is 5.61. The SMILES string of the molecule is N#CC=C/C=C/C#N. The molecular weight excluding hydrogens is 100 g/mol. The molecular formula is C6H4N2. The summed E-state index contributed by atoms with van der Waals surface area (Å²) in [7, 11) is 0. The number of rotatable bonds is 1. The quantitative estimate of drug-likeness (QED) is 0.370. The van der Waals surface area contributed by atoms with Crippen molar-refractivity contribution < 1.29 is 0 Å². The third-order valence-electron chi connectivity index (χ3n) is 0.453. The van der Waals surface area contributed by atoms with E-state index in [1.165, 1.54) is 24.3 Å². The molecule has 0 aliphatic rings. The van der Waals surface area contributed by atoms with Crippen molar-refractivity contribution in [3.8, 4) is 12.1 Å². The molecule has 0 rings (SSSR count). The fourth-order valence-electron chi connectivity index (χ4n) is 0.197. The van der Waals surface area contributed by atoms with Gasteiger partial charge < -0.3 is 0 Å². The monoisotopic (exact) mass is 104 g/mol. The Bertz CT molecular complexity index is 154. The van der Waals surface area contributed by atoms with Gasteiger partial charge >= 0.3 is 0 Å². The van der Waals surface area contributed by atoms with Gasteiger partial charge in [-0.05, 0) is 0 Å². The zero-order valence-electron chi connectivity index (χ0n) is 4.20. The molecule has 0 saturated heterocycles. The highest BCUT2D eigenvalue weighted by atomic mass is 14.2. The molecule has 0 saturated carbocycles. The lowest BCUT2D eigenvalue weighted by molar-refractivity contribution is 1.53. The van der Waals surface area contributed by atoms with Crippen molar-refractivity contribution in [2.24, 2.45) is 0 Å². The molecule has 0 spiro atoms. The molecule has 2 heteroatoms. The van der Waals surface area contributed by atoms with Crippen LogP contribution in [0, 0.1) is 22.7 Å². The van der Waals surface area contributed by atoms with Crippen molar-refractivity contribution in [3.05, 3.63) is 24.3 Å². The smallest absolute Gasteiger partial charge is 0.0912 e. The van der Waals surface area contributed by atoms with Crippen LogP contribution in [0.25, 0.3) is 0 Å². The summed E-state index contributed by atoms with van der Waals surface area (Å²) in [5, 5.41) is 15.8. The summed E-state index contributed by atoms with van der Waals surface area (Å²) in [5.74, 6) is 0. The molecule has 0 fully saturated rings. The largest absolute Gasteiger partial charge is 0.193 e. The van der Waals surface area contributed by atoms with E-state index < -0.39 is 0 Å². The van der Waals surface area contributed by atoms with Gasteiger partial charge in [-0.25, -0.2) is 0 Å². The van der Waals surface area contributed by atoms with Crippen LogP contribution in [0.2, 0.25) is 0 Å². The lowest BCUT2D eigenvalue weighted by Crippen LogP contribution is -1.46. The Hall–Kier alpha value is -1.54. The Labute approximate surface area is 48.0 Å². The van der Waals surface area contributed by atoms with Crippen LogP contribution in [0.3, 0.4) is 0 Å². The third-order valence-corrected chi connectivity index (χ3v) is 0.453. The van der Waals surface area contributed by atoms with Gasteiger partial charge in [0.15, 0.2) is 0 Å². The third kappa shape index (κ3) is 4.46. The van der Waals surface area contributed by atoms with E-state index in [1.54, 1.807) is 12.1 Å². The fraction of sp³-hybridized carbons (Fsp3) is 0. The number of nitrogens with zero attached hydrogens (tertiary/aromatic N) is 2. The van der Waals surface area contributed by atoms with Crippen molar-refractivity contribution in [2.45, 2.75) is 0 Å². The van der Waals surface area contributed by atoms with Crippen LogP contribution in [-0.2, 0) is 0 Å². The molecule has 0 aromatic carbocycles. The molecule has 0 heterocycles.